The molecule has 146 valence electrons. The summed E-state index contributed by atoms with van der Waals surface area (Å²) in [6.07, 6.45) is 2.49. The molecule has 0 bridgehead atoms. The van der Waals surface area contributed by atoms with Gasteiger partial charge < -0.3 is 14.9 Å². The van der Waals surface area contributed by atoms with Crippen LogP contribution in [0, 0.1) is 0 Å². The van der Waals surface area contributed by atoms with Crippen LogP contribution in [-0.4, -0.2) is 77.2 Å². The zero-order chi connectivity index (χ0) is 18.6. The molecular formula is C21H34N2O3. The third-order valence-corrected chi connectivity index (χ3v) is 5.57. The van der Waals surface area contributed by atoms with E-state index in [1.165, 1.54) is 11.1 Å². The Labute approximate surface area is 157 Å². The quantitative estimate of drug-likeness (QED) is 0.806. The molecule has 2 aliphatic rings. The second-order valence-electron chi connectivity index (χ2n) is 8.47. The van der Waals surface area contributed by atoms with Crippen LogP contribution in [-0.2, 0) is 17.7 Å². The number of aliphatic hydroxyl groups excluding tert-OH is 1. The molecule has 2 heterocycles. The number of rotatable bonds is 6. The lowest BCUT2D eigenvalue weighted by atomic mass is 9.98. The Morgan fingerprint density at radius 3 is 2.42 bits per heavy atom. The van der Waals surface area contributed by atoms with E-state index in [0.717, 1.165) is 52.0 Å². The topological polar surface area (TPSA) is 56.2 Å². The minimum Gasteiger partial charge on any atom is -0.390 e. The second kappa shape index (κ2) is 8.81. The monoisotopic (exact) mass is 362 g/mol. The number of benzene rings is 1. The van der Waals surface area contributed by atoms with Crippen LogP contribution in [0.1, 0.15) is 37.8 Å². The molecule has 0 spiro atoms. The summed E-state index contributed by atoms with van der Waals surface area (Å²) < 4.78 is 5.42. The van der Waals surface area contributed by atoms with Gasteiger partial charge in [0.15, 0.2) is 0 Å². The normalized spacial score (nSPS) is 26.2. The van der Waals surface area contributed by atoms with Crippen LogP contribution in [0.25, 0.3) is 0 Å². The number of aliphatic hydroxyl groups is 2. The highest BCUT2D eigenvalue weighted by atomic mass is 16.5. The van der Waals surface area contributed by atoms with Crippen LogP contribution < -0.4 is 0 Å². The fourth-order valence-corrected chi connectivity index (χ4v) is 3.88. The number of hydrogen-bond acceptors (Lipinski definition) is 5. The summed E-state index contributed by atoms with van der Waals surface area (Å²) in [6.45, 7) is 10.00. The van der Waals surface area contributed by atoms with E-state index in [2.05, 4.69) is 34.1 Å². The third-order valence-electron chi connectivity index (χ3n) is 5.57. The molecule has 2 N–H and O–H groups in total. The molecule has 0 amide bonds. The van der Waals surface area contributed by atoms with Crippen LogP contribution in [0.2, 0.25) is 0 Å². The zero-order valence-corrected chi connectivity index (χ0v) is 16.2. The van der Waals surface area contributed by atoms with Gasteiger partial charge in [-0.2, -0.15) is 0 Å². The van der Waals surface area contributed by atoms with Crippen molar-refractivity contribution < 1.29 is 14.9 Å². The van der Waals surface area contributed by atoms with Crippen LogP contribution in [0.4, 0.5) is 0 Å². The Balaban J connectivity index is 1.48. The van der Waals surface area contributed by atoms with E-state index in [4.69, 9.17) is 4.74 Å². The summed E-state index contributed by atoms with van der Waals surface area (Å²) in [5.41, 5.74) is 2.02. The first-order valence-electron chi connectivity index (χ1n) is 9.93. The van der Waals surface area contributed by atoms with Crippen molar-refractivity contribution in [2.45, 2.75) is 57.4 Å². The molecule has 5 heteroatoms. The van der Waals surface area contributed by atoms with Crippen molar-refractivity contribution in [1.29, 1.82) is 0 Å². The van der Waals surface area contributed by atoms with Crippen LogP contribution in [0.3, 0.4) is 0 Å². The minimum atomic E-state index is -0.603. The SMILES string of the molecule is CC(C)(O)CCc1ccc(CN2CCCN([C@H]3COC[C@@H]3O)CC2)cc1. The fourth-order valence-electron chi connectivity index (χ4n) is 3.88. The molecule has 3 rings (SSSR count). The van der Waals surface area contributed by atoms with Gasteiger partial charge in [0.1, 0.15) is 0 Å². The molecule has 0 saturated carbocycles. The van der Waals surface area contributed by atoms with Gasteiger partial charge in [-0.3, -0.25) is 9.80 Å². The van der Waals surface area contributed by atoms with Gasteiger partial charge in [0, 0.05) is 19.6 Å². The van der Waals surface area contributed by atoms with E-state index in [9.17, 15) is 10.2 Å². The Bertz CT molecular complexity index is 555. The number of aryl methyl sites for hydroxylation is 1. The molecule has 1 aromatic rings. The summed E-state index contributed by atoms with van der Waals surface area (Å²) >= 11 is 0. The molecule has 0 radical (unpaired) electrons. The average molecular weight is 363 g/mol. The van der Waals surface area contributed by atoms with Gasteiger partial charge in [0.05, 0.1) is 31.0 Å². The molecule has 0 aromatic heterocycles. The molecule has 0 aliphatic carbocycles. The van der Waals surface area contributed by atoms with Gasteiger partial charge in [-0.25, -0.2) is 0 Å². The Morgan fingerprint density at radius 2 is 1.77 bits per heavy atom. The average Bonchev–Trinajstić information content (AvgIpc) is 2.88. The molecule has 5 nitrogen and oxygen atoms in total. The number of ether oxygens (including phenoxy) is 1. The maximum Gasteiger partial charge on any atom is 0.0950 e. The lowest BCUT2D eigenvalue weighted by Gasteiger charge is -2.28. The summed E-state index contributed by atoms with van der Waals surface area (Å²) in [5, 5.41) is 19.9. The highest BCUT2D eigenvalue weighted by molar-refractivity contribution is 5.22. The van der Waals surface area contributed by atoms with Gasteiger partial charge in [-0.05, 0) is 57.3 Å². The predicted octanol–water partition coefficient (Wildman–Crippen LogP) is 1.66. The lowest BCUT2D eigenvalue weighted by molar-refractivity contribution is 0.0714. The largest absolute Gasteiger partial charge is 0.390 e. The highest BCUT2D eigenvalue weighted by Gasteiger charge is 2.32. The molecule has 2 aliphatic heterocycles. The van der Waals surface area contributed by atoms with E-state index < -0.39 is 5.60 Å². The number of hydrogen-bond donors (Lipinski definition) is 2. The van der Waals surface area contributed by atoms with Crippen molar-refractivity contribution in [2.75, 3.05) is 39.4 Å². The molecule has 2 atom stereocenters. The van der Waals surface area contributed by atoms with E-state index in [1.54, 1.807) is 0 Å². The molecule has 2 fully saturated rings. The maximum atomic E-state index is 10.1. The molecule has 26 heavy (non-hydrogen) atoms. The lowest BCUT2D eigenvalue weighted by Crippen LogP contribution is -2.44. The van der Waals surface area contributed by atoms with Crippen molar-refractivity contribution in [1.82, 2.24) is 9.80 Å². The molecule has 2 saturated heterocycles. The summed E-state index contributed by atoms with van der Waals surface area (Å²) in [5.74, 6) is 0. The Morgan fingerprint density at radius 1 is 1.04 bits per heavy atom. The Hall–Kier alpha value is -0.980. The third kappa shape index (κ3) is 5.76. The summed E-state index contributed by atoms with van der Waals surface area (Å²) in [6, 6.07) is 8.99. The van der Waals surface area contributed by atoms with E-state index in [1.807, 2.05) is 13.8 Å². The van der Waals surface area contributed by atoms with Gasteiger partial charge in [0.25, 0.3) is 0 Å². The predicted molar refractivity (Wildman–Crippen MR) is 103 cm³/mol. The standard InChI is InChI=1S/C21H34N2O3/c1-21(2,25)9-8-17-4-6-18(7-5-17)14-22-10-3-11-23(13-12-22)19-15-26-16-20(19)24/h4-7,19-20,24-25H,3,8-16H2,1-2H3/t19-,20-/m0/s1. The molecule has 1 aromatic carbocycles. The highest BCUT2D eigenvalue weighted by Crippen LogP contribution is 2.18. The second-order valence-corrected chi connectivity index (χ2v) is 8.47. The van der Waals surface area contributed by atoms with Crippen LogP contribution in [0.15, 0.2) is 24.3 Å². The first-order valence-corrected chi connectivity index (χ1v) is 9.93. The number of nitrogens with zero attached hydrogens (tertiary/aromatic N) is 2. The fraction of sp³-hybridized carbons (Fsp3) is 0.714. The van der Waals surface area contributed by atoms with Crippen molar-refractivity contribution in [2.24, 2.45) is 0 Å². The van der Waals surface area contributed by atoms with Crippen LogP contribution in [0.5, 0.6) is 0 Å². The van der Waals surface area contributed by atoms with E-state index in [0.29, 0.717) is 13.2 Å². The molecule has 0 unspecified atom stereocenters. The van der Waals surface area contributed by atoms with Gasteiger partial charge in [-0.1, -0.05) is 24.3 Å². The maximum absolute atomic E-state index is 10.1. The van der Waals surface area contributed by atoms with Crippen molar-refractivity contribution >= 4 is 0 Å². The van der Waals surface area contributed by atoms with Crippen molar-refractivity contribution in [3.8, 4) is 0 Å². The van der Waals surface area contributed by atoms with Gasteiger partial charge >= 0.3 is 0 Å². The van der Waals surface area contributed by atoms with Crippen LogP contribution >= 0.6 is 0 Å². The molecular weight excluding hydrogens is 328 g/mol. The van der Waals surface area contributed by atoms with E-state index >= 15 is 0 Å². The van der Waals surface area contributed by atoms with Gasteiger partial charge in [-0.15, -0.1) is 0 Å². The Kier molecular flexibility index (Phi) is 6.70. The minimum absolute atomic E-state index is 0.171. The summed E-state index contributed by atoms with van der Waals surface area (Å²) in [4.78, 5) is 4.91. The first-order chi connectivity index (χ1) is 12.4. The van der Waals surface area contributed by atoms with E-state index in [-0.39, 0.29) is 12.1 Å². The summed E-state index contributed by atoms with van der Waals surface area (Å²) in [7, 11) is 0. The smallest absolute Gasteiger partial charge is 0.0950 e. The van der Waals surface area contributed by atoms with Gasteiger partial charge in [0.2, 0.25) is 0 Å². The first kappa shape index (κ1) is 19.8. The van der Waals surface area contributed by atoms with Crippen molar-refractivity contribution in [3.63, 3.8) is 0 Å². The zero-order valence-electron chi connectivity index (χ0n) is 16.2. The van der Waals surface area contributed by atoms with Crippen molar-refractivity contribution in [3.05, 3.63) is 35.4 Å².